The van der Waals surface area contributed by atoms with Crippen LogP contribution in [-0.4, -0.2) is 86.5 Å². The number of rotatable bonds is 4. The highest BCUT2D eigenvalue weighted by Gasteiger charge is 2.64. The number of ketones is 2. The van der Waals surface area contributed by atoms with Gasteiger partial charge in [-0.15, -0.1) is 0 Å². The topological polar surface area (TPSA) is 165 Å². The highest BCUT2D eigenvalue weighted by atomic mass is 19.4. The lowest BCUT2D eigenvalue weighted by Gasteiger charge is -2.50. The fourth-order valence-corrected chi connectivity index (χ4v) is 7.50. The largest absolute Gasteiger partial charge is 0.508 e. The van der Waals surface area contributed by atoms with E-state index in [0.717, 1.165) is 6.07 Å². The van der Waals surface area contributed by atoms with Gasteiger partial charge in [0.25, 0.3) is 5.91 Å². The molecule has 3 aliphatic carbocycles. The molecule has 1 saturated heterocycles. The fraction of sp³-hybridized carbons (Fsp3) is 0.536. The van der Waals surface area contributed by atoms with Crippen molar-refractivity contribution < 1.29 is 48.0 Å². The van der Waals surface area contributed by atoms with Crippen LogP contribution in [-0.2, 0) is 27.0 Å². The van der Waals surface area contributed by atoms with E-state index in [0.29, 0.717) is 25.9 Å². The van der Waals surface area contributed by atoms with Gasteiger partial charge in [0, 0.05) is 17.5 Å². The van der Waals surface area contributed by atoms with Gasteiger partial charge >= 0.3 is 6.18 Å². The molecule has 10 nitrogen and oxygen atoms in total. The quantitative estimate of drug-likeness (QED) is 0.336. The van der Waals surface area contributed by atoms with Gasteiger partial charge in [0.15, 0.2) is 11.4 Å². The summed E-state index contributed by atoms with van der Waals surface area (Å²) in [5.74, 6) is -8.92. The van der Waals surface area contributed by atoms with E-state index < -0.39 is 99.1 Å². The molecule has 0 radical (unpaired) electrons. The number of likely N-dealkylation sites (tertiary alicyclic amines) is 1. The number of aliphatic hydroxyl groups excluding tert-OH is 2. The Morgan fingerprint density at radius 1 is 1.22 bits per heavy atom. The van der Waals surface area contributed by atoms with E-state index in [9.17, 15) is 48.0 Å². The van der Waals surface area contributed by atoms with Gasteiger partial charge in [-0.1, -0.05) is 6.92 Å². The van der Waals surface area contributed by atoms with Crippen LogP contribution in [0, 0.1) is 11.8 Å². The maximum atomic E-state index is 14.8. The molecule has 1 heterocycles. The molecular formula is C28H32F3N3O7. The number of fused-ring (bicyclic) bond motifs is 3. The van der Waals surface area contributed by atoms with Crippen LogP contribution < -0.4 is 5.73 Å². The van der Waals surface area contributed by atoms with Crippen molar-refractivity contribution in [3.05, 3.63) is 45.2 Å². The summed E-state index contributed by atoms with van der Waals surface area (Å²) in [7, 11) is 2.89. The van der Waals surface area contributed by atoms with E-state index in [1.807, 2.05) is 11.8 Å². The Morgan fingerprint density at radius 2 is 1.88 bits per heavy atom. The van der Waals surface area contributed by atoms with Crippen molar-refractivity contribution >= 4 is 23.2 Å². The number of amides is 1. The van der Waals surface area contributed by atoms with Gasteiger partial charge in [0.05, 0.1) is 17.2 Å². The van der Waals surface area contributed by atoms with Gasteiger partial charge in [-0.3, -0.25) is 24.2 Å². The van der Waals surface area contributed by atoms with Crippen LogP contribution >= 0.6 is 0 Å². The molecule has 5 rings (SSSR count). The first-order valence-corrected chi connectivity index (χ1v) is 13.4. The first-order valence-electron chi connectivity index (χ1n) is 13.4. The number of primary amides is 1. The first kappa shape index (κ1) is 29.1. The van der Waals surface area contributed by atoms with E-state index in [-0.39, 0.29) is 17.5 Å². The number of alkyl halides is 3. The third-order valence-corrected chi connectivity index (χ3v) is 9.17. The van der Waals surface area contributed by atoms with Crippen LogP contribution in [0.25, 0.3) is 5.76 Å². The van der Waals surface area contributed by atoms with E-state index >= 15 is 0 Å². The molecule has 222 valence electrons. The maximum absolute atomic E-state index is 14.8. The highest BCUT2D eigenvalue weighted by molar-refractivity contribution is 6.24. The Morgan fingerprint density at radius 3 is 2.44 bits per heavy atom. The molecule has 5 atom stereocenters. The number of benzene rings is 1. The van der Waals surface area contributed by atoms with Gasteiger partial charge in [0.1, 0.15) is 22.8 Å². The van der Waals surface area contributed by atoms with Crippen molar-refractivity contribution in [1.82, 2.24) is 9.80 Å². The van der Waals surface area contributed by atoms with Crippen LogP contribution in [0.4, 0.5) is 13.2 Å². The summed E-state index contributed by atoms with van der Waals surface area (Å²) >= 11 is 0. The molecule has 1 aromatic rings. The smallest absolute Gasteiger partial charge is 0.417 e. The number of carbonyl (C=O) groups excluding carboxylic acids is 3. The monoisotopic (exact) mass is 579 g/mol. The number of nitrogens with zero attached hydrogens (tertiary/aromatic N) is 2. The number of hydrogen-bond acceptors (Lipinski definition) is 9. The van der Waals surface area contributed by atoms with Crippen molar-refractivity contribution in [2.75, 3.05) is 27.2 Å². The summed E-state index contributed by atoms with van der Waals surface area (Å²) in [6.45, 7) is 2.92. The van der Waals surface area contributed by atoms with Gasteiger partial charge in [-0.2, -0.15) is 13.2 Å². The molecule has 2 fully saturated rings. The van der Waals surface area contributed by atoms with Gasteiger partial charge in [-0.25, -0.2) is 0 Å². The lowest BCUT2D eigenvalue weighted by atomic mass is 9.57. The lowest BCUT2D eigenvalue weighted by Crippen LogP contribution is -2.65. The van der Waals surface area contributed by atoms with Crippen LogP contribution in [0.2, 0.25) is 0 Å². The van der Waals surface area contributed by atoms with Crippen molar-refractivity contribution in [3.63, 3.8) is 0 Å². The van der Waals surface area contributed by atoms with E-state index in [4.69, 9.17) is 5.73 Å². The molecule has 1 saturated carbocycles. The molecule has 41 heavy (non-hydrogen) atoms. The molecule has 1 amide bonds. The Bertz CT molecular complexity index is 1430. The second-order valence-corrected chi connectivity index (χ2v) is 11.5. The molecule has 1 aliphatic heterocycles. The van der Waals surface area contributed by atoms with Gasteiger partial charge < -0.3 is 26.2 Å². The predicted octanol–water partition coefficient (Wildman–Crippen LogP) is 2.14. The number of phenols is 1. The molecule has 0 spiro atoms. The minimum absolute atomic E-state index is 0.117. The normalized spacial score (nSPS) is 30.5. The predicted molar refractivity (Wildman–Crippen MR) is 138 cm³/mol. The number of carbonyl (C=O) groups is 3. The third kappa shape index (κ3) is 4.00. The Balaban J connectivity index is 1.76. The second-order valence-electron chi connectivity index (χ2n) is 11.5. The number of likely N-dealkylation sites (N-methyl/N-ethyl adjacent to an activating group) is 1. The minimum Gasteiger partial charge on any atom is -0.508 e. The Labute approximate surface area is 233 Å². The van der Waals surface area contributed by atoms with Crippen molar-refractivity contribution in [2.24, 2.45) is 17.6 Å². The standard InChI is InChI=1S/C28H32F3N3O7/c1-4-34-7-5-6-15(34)12-10-16(35)18-13(20(12)28(29,30)31)8-11-9-14-21(33(2)3)23(37)19(26(32)40)25(39)27(14,41)24(38)17(11)22(18)36/h10-11,14-15,21,35-36,39,41H,4-9H2,1-3H3,(H2,32,40)/t11-,14-,15?,21-,27-/m0/s1. The number of halogens is 3. The molecule has 0 aromatic heterocycles. The summed E-state index contributed by atoms with van der Waals surface area (Å²) in [5, 5.41) is 44.8. The second kappa shape index (κ2) is 9.57. The van der Waals surface area contributed by atoms with Crippen molar-refractivity contribution in [2.45, 2.75) is 56.5 Å². The van der Waals surface area contributed by atoms with E-state index in [1.54, 1.807) is 0 Å². The Kier molecular flexibility index (Phi) is 6.79. The molecule has 0 bridgehead atoms. The molecule has 13 heteroatoms. The van der Waals surface area contributed by atoms with E-state index in [2.05, 4.69) is 0 Å². The van der Waals surface area contributed by atoms with Crippen molar-refractivity contribution in [3.8, 4) is 5.75 Å². The molecule has 1 aromatic carbocycles. The number of nitrogens with two attached hydrogens (primary N) is 1. The maximum Gasteiger partial charge on any atom is 0.417 e. The summed E-state index contributed by atoms with van der Waals surface area (Å²) in [6.07, 6.45) is -4.47. The first-order chi connectivity index (χ1) is 19.1. The molecular weight excluding hydrogens is 547 g/mol. The number of phenolic OH excluding ortho intramolecular Hbond substituents is 1. The number of Topliss-reactive ketones (excluding diaryl/α,β-unsaturated/α-hetero) is 2. The zero-order valence-corrected chi connectivity index (χ0v) is 22.7. The number of hydrogen-bond donors (Lipinski definition) is 5. The van der Waals surface area contributed by atoms with Crippen LogP contribution in [0.1, 0.15) is 54.5 Å². The highest BCUT2D eigenvalue weighted by Crippen LogP contribution is 2.55. The van der Waals surface area contributed by atoms with Crippen LogP contribution in [0.5, 0.6) is 5.75 Å². The van der Waals surface area contributed by atoms with E-state index in [1.165, 1.54) is 19.0 Å². The fourth-order valence-electron chi connectivity index (χ4n) is 7.50. The number of aliphatic hydroxyl groups is 3. The average molecular weight is 580 g/mol. The number of aromatic hydroxyl groups is 1. The summed E-state index contributed by atoms with van der Waals surface area (Å²) in [6, 6.07) is -0.959. The zero-order valence-electron chi connectivity index (χ0n) is 22.7. The minimum atomic E-state index is -4.86. The SMILES string of the molecule is CCN1CCCC1c1cc(O)c2c(c1C(F)(F)F)C[C@H]1C[C@H]3[C@H](N(C)C)C(=O)C(C(N)=O)=C(O)[C@@]3(O)C(=O)C1=C2O. The molecule has 1 unspecified atom stereocenters. The van der Waals surface area contributed by atoms with Crippen LogP contribution in [0.3, 0.4) is 0 Å². The van der Waals surface area contributed by atoms with Gasteiger partial charge in [0.2, 0.25) is 5.78 Å². The van der Waals surface area contributed by atoms with Crippen molar-refractivity contribution in [1.29, 1.82) is 0 Å². The van der Waals surface area contributed by atoms with Gasteiger partial charge in [-0.05, 0) is 76.0 Å². The van der Waals surface area contributed by atoms with Crippen LogP contribution in [0.15, 0.2) is 23.0 Å². The summed E-state index contributed by atoms with van der Waals surface area (Å²) in [4.78, 5) is 42.4. The Hall–Kier alpha value is -3.42. The molecule has 6 N–H and O–H groups in total. The summed E-state index contributed by atoms with van der Waals surface area (Å²) in [5.41, 5.74) is -1.07. The lowest BCUT2D eigenvalue weighted by molar-refractivity contribution is -0.153. The third-order valence-electron chi connectivity index (χ3n) is 9.17. The zero-order chi connectivity index (χ0) is 30.3. The average Bonchev–Trinajstić information content (AvgIpc) is 3.33. The molecule has 4 aliphatic rings. The summed E-state index contributed by atoms with van der Waals surface area (Å²) < 4.78 is 44.3.